The molecule has 1 amide bonds. The summed E-state index contributed by atoms with van der Waals surface area (Å²) in [5.74, 6) is 0. The summed E-state index contributed by atoms with van der Waals surface area (Å²) in [5, 5.41) is 8.53. The van der Waals surface area contributed by atoms with Gasteiger partial charge in [-0.15, -0.1) is 0 Å². The highest BCUT2D eigenvalue weighted by molar-refractivity contribution is 5.67. The van der Waals surface area contributed by atoms with E-state index in [0.717, 1.165) is 12.8 Å². The Kier molecular flexibility index (Phi) is 5.42. The smallest absolute Gasteiger partial charge is 0.409 e. The number of aliphatic hydroxyl groups is 1. The number of carbonyl (C=O) groups excluding carboxylic acids is 1. The molecule has 1 N–H and O–H groups in total. The Morgan fingerprint density at radius 1 is 1.60 bits per heavy atom. The molecule has 0 aromatic carbocycles. The van der Waals surface area contributed by atoms with Crippen molar-refractivity contribution in [2.24, 2.45) is 0 Å². The molecule has 0 spiro atoms. The minimum Gasteiger partial charge on any atom is -0.447 e. The second-order valence-corrected chi connectivity index (χ2v) is 3.50. The molecule has 1 heterocycles. The van der Waals surface area contributed by atoms with E-state index in [1.54, 1.807) is 4.90 Å². The first-order chi connectivity index (χ1) is 7.27. The van der Waals surface area contributed by atoms with Crippen molar-refractivity contribution in [2.75, 3.05) is 32.9 Å². The highest BCUT2D eigenvalue weighted by Crippen LogP contribution is 2.13. The summed E-state index contributed by atoms with van der Waals surface area (Å²) >= 11 is 0. The Hall–Kier alpha value is -0.810. The average Bonchev–Trinajstić information content (AvgIpc) is 2.27. The molecule has 0 aromatic rings. The van der Waals surface area contributed by atoms with Gasteiger partial charge in [-0.1, -0.05) is 0 Å². The number of nitrogens with zero attached hydrogens (tertiary/aromatic N) is 1. The van der Waals surface area contributed by atoms with Gasteiger partial charge in [-0.25, -0.2) is 4.79 Å². The largest absolute Gasteiger partial charge is 0.447 e. The molecule has 1 saturated heterocycles. The van der Waals surface area contributed by atoms with E-state index in [-0.39, 0.29) is 25.4 Å². The minimum absolute atomic E-state index is 0.0641. The molecular formula is C10H19NO4. The maximum atomic E-state index is 11.4. The third kappa shape index (κ3) is 4.05. The van der Waals surface area contributed by atoms with E-state index >= 15 is 0 Å². The fourth-order valence-electron chi connectivity index (χ4n) is 1.70. The number of amides is 1. The summed E-state index contributed by atoms with van der Waals surface area (Å²) in [6, 6.07) is 0. The van der Waals surface area contributed by atoms with Gasteiger partial charge in [-0.05, 0) is 19.8 Å². The second-order valence-electron chi connectivity index (χ2n) is 3.50. The number of rotatable bonds is 4. The molecule has 1 fully saturated rings. The highest BCUT2D eigenvalue weighted by atomic mass is 16.6. The van der Waals surface area contributed by atoms with Crippen LogP contribution in [0.25, 0.3) is 0 Å². The fourth-order valence-corrected chi connectivity index (χ4v) is 1.70. The highest BCUT2D eigenvalue weighted by Gasteiger charge is 2.24. The molecule has 5 nitrogen and oxygen atoms in total. The van der Waals surface area contributed by atoms with Gasteiger partial charge in [-0.2, -0.15) is 0 Å². The van der Waals surface area contributed by atoms with E-state index in [9.17, 15) is 4.79 Å². The molecule has 1 aliphatic rings. The van der Waals surface area contributed by atoms with E-state index in [2.05, 4.69) is 0 Å². The number of ether oxygens (including phenoxy) is 2. The average molecular weight is 217 g/mol. The molecule has 5 heteroatoms. The van der Waals surface area contributed by atoms with Crippen LogP contribution in [0.2, 0.25) is 0 Å². The maximum absolute atomic E-state index is 11.4. The Balaban J connectivity index is 2.31. The van der Waals surface area contributed by atoms with Gasteiger partial charge in [0, 0.05) is 13.2 Å². The predicted molar refractivity (Wildman–Crippen MR) is 54.7 cm³/mol. The van der Waals surface area contributed by atoms with Crippen LogP contribution in [0.5, 0.6) is 0 Å². The van der Waals surface area contributed by atoms with Crippen LogP contribution in [0.4, 0.5) is 4.79 Å². The van der Waals surface area contributed by atoms with Crippen molar-refractivity contribution in [2.45, 2.75) is 25.9 Å². The zero-order chi connectivity index (χ0) is 11.1. The fraction of sp³-hybridized carbons (Fsp3) is 0.900. The number of carbonyl (C=O) groups is 1. The number of hydrogen-bond donors (Lipinski definition) is 1. The van der Waals surface area contributed by atoms with Crippen LogP contribution in [0, 0.1) is 0 Å². The van der Waals surface area contributed by atoms with E-state index in [1.807, 2.05) is 6.92 Å². The lowest BCUT2D eigenvalue weighted by atomic mass is 10.1. The lowest BCUT2D eigenvalue weighted by molar-refractivity contribution is 0.00129. The normalized spacial score (nSPS) is 21.5. The van der Waals surface area contributed by atoms with Crippen molar-refractivity contribution >= 4 is 6.09 Å². The van der Waals surface area contributed by atoms with Gasteiger partial charge >= 0.3 is 6.09 Å². The number of hydrogen-bond acceptors (Lipinski definition) is 4. The van der Waals surface area contributed by atoms with Crippen LogP contribution in [-0.2, 0) is 9.47 Å². The molecule has 0 saturated carbocycles. The van der Waals surface area contributed by atoms with Gasteiger partial charge in [0.1, 0.15) is 6.61 Å². The molecule has 1 aliphatic heterocycles. The zero-order valence-electron chi connectivity index (χ0n) is 9.15. The second kappa shape index (κ2) is 6.63. The Morgan fingerprint density at radius 3 is 3.07 bits per heavy atom. The Bertz CT molecular complexity index is 196. The maximum Gasteiger partial charge on any atom is 0.409 e. The predicted octanol–water partition coefficient (Wildman–Crippen LogP) is 0.616. The van der Waals surface area contributed by atoms with Gasteiger partial charge < -0.3 is 19.5 Å². The summed E-state index contributed by atoms with van der Waals surface area (Å²) in [4.78, 5) is 13.1. The van der Waals surface area contributed by atoms with Crippen molar-refractivity contribution in [1.29, 1.82) is 0 Å². The Labute approximate surface area is 90.0 Å². The summed E-state index contributed by atoms with van der Waals surface area (Å²) < 4.78 is 10.3. The van der Waals surface area contributed by atoms with E-state index < -0.39 is 0 Å². The van der Waals surface area contributed by atoms with Crippen molar-refractivity contribution in [3.8, 4) is 0 Å². The lowest BCUT2D eigenvalue weighted by Crippen LogP contribution is -2.43. The molecule has 0 bridgehead atoms. The van der Waals surface area contributed by atoms with Gasteiger partial charge in [0.25, 0.3) is 0 Å². The SMILES string of the molecule is CCOC1CCCN(C(=O)OCCO)C1. The molecule has 0 aromatic heterocycles. The topological polar surface area (TPSA) is 59.0 Å². The summed E-state index contributed by atoms with van der Waals surface area (Å²) in [5.41, 5.74) is 0. The molecule has 0 radical (unpaired) electrons. The Morgan fingerprint density at radius 2 is 2.40 bits per heavy atom. The number of aliphatic hydroxyl groups excluding tert-OH is 1. The van der Waals surface area contributed by atoms with Crippen molar-refractivity contribution < 1.29 is 19.4 Å². The van der Waals surface area contributed by atoms with Gasteiger partial charge in [0.05, 0.1) is 19.3 Å². The van der Waals surface area contributed by atoms with Crippen molar-refractivity contribution in [1.82, 2.24) is 4.90 Å². The van der Waals surface area contributed by atoms with E-state index in [0.29, 0.717) is 19.7 Å². The van der Waals surface area contributed by atoms with Crippen LogP contribution >= 0.6 is 0 Å². The molecular weight excluding hydrogens is 198 g/mol. The number of piperidine rings is 1. The first kappa shape index (κ1) is 12.3. The van der Waals surface area contributed by atoms with Crippen molar-refractivity contribution in [3.05, 3.63) is 0 Å². The summed E-state index contributed by atoms with van der Waals surface area (Å²) in [6.45, 7) is 3.86. The van der Waals surface area contributed by atoms with E-state index in [1.165, 1.54) is 0 Å². The van der Waals surface area contributed by atoms with Crippen LogP contribution in [0.15, 0.2) is 0 Å². The van der Waals surface area contributed by atoms with Crippen LogP contribution < -0.4 is 0 Å². The molecule has 1 unspecified atom stereocenters. The third-order valence-corrected chi connectivity index (χ3v) is 2.36. The zero-order valence-corrected chi connectivity index (χ0v) is 9.15. The minimum atomic E-state index is -0.353. The van der Waals surface area contributed by atoms with Crippen LogP contribution in [0.1, 0.15) is 19.8 Å². The standard InChI is InChI=1S/C10H19NO4/c1-2-14-9-4-3-5-11(8-9)10(13)15-7-6-12/h9,12H,2-8H2,1H3. The first-order valence-corrected chi connectivity index (χ1v) is 5.42. The van der Waals surface area contributed by atoms with E-state index in [4.69, 9.17) is 14.6 Å². The first-order valence-electron chi connectivity index (χ1n) is 5.42. The summed E-state index contributed by atoms with van der Waals surface area (Å²) in [6.07, 6.45) is 1.72. The monoisotopic (exact) mass is 217 g/mol. The third-order valence-electron chi connectivity index (χ3n) is 2.36. The van der Waals surface area contributed by atoms with Crippen LogP contribution in [0.3, 0.4) is 0 Å². The van der Waals surface area contributed by atoms with Gasteiger partial charge in [0.2, 0.25) is 0 Å². The lowest BCUT2D eigenvalue weighted by Gasteiger charge is -2.31. The summed E-state index contributed by atoms with van der Waals surface area (Å²) in [7, 11) is 0. The molecule has 88 valence electrons. The molecule has 1 rings (SSSR count). The number of likely N-dealkylation sites (tertiary alicyclic amines) is 1. The quantitative estimate of drug-likeness (QED) is 0.749. The molecule has 0 aliphatic carbocycles. The van der Waals surface area contributed by atoms with Crippen molar-refractivity contribution in [3.63, 3.8) is 0 Å². The van der Waals surface area contributed by atoms with Gasteiger partial charge in [0.15, 0.2) is 0 Å². The molecule has 1 atom stereocenters. The molecule has 15 heavy (non-hydrogen) atoms. The van der Waals surface area contributed by atoms with Gasteiger partial charge in [-0.3, -0.25) is 0 Å². The van der Waals surface area contributed by atoms with Crippen LogP contribution in [-0.4, -0.2) is 55.1 Å².